The van der Waals surface area contributed by atoms with E-state index in [2.05, 4.69) is 5.16 Å². The maximum Gasteiger partial charge on any atom is 0.170 e. The Balaban J connectivity index is 2.22. The van der Waals surface area contributed by atoms with Crippen molar-refractivity contribution in [2.75, 3.05) is 0 Å². The van der Waals surface area contributed by atoms with Crippen molar-refractivity contribution < 1.29 is 9.94 Å². The molecule has 0 aliphatic heterocycles. The van der Waals surface area contributed by atoms with Gasteiger partial charge in [0.2, 0.25) is 0 Å². The number of benzene rings is 2. The molecule has 3 N–H and O–H groups in total. The largest absolute Gasteiger partial charge is 0.457 e. The lowest BCUT2D eigenvalue weighted by Crippen LogP contribution is -2.12. The molecule has 2 aromatic carbocycles. The van der Waals surface area contributed by atoms with Crippen molar-refractivity contribution in [2.24, 2.45) is 10.9 Å². The summed E-state index contributed by atoms with van der Waals surface area (Å²) in [5.74, 6) is 1.62. The highest BCUT2D eigenvalue weighted by Crippen LogP contribution is 2.26. The molecule has 0 bridgehead atoms. The Morgan fingerprint density at radius 3 is 2.42 bits per heavy atom. The quantitative estimate of drug-likeness (QED) is 0.383. The lowest BCUT2D eigenvalue weighted by atomic mass is 10.1. The van der Waals surface area contributed by atoms with E-state index in [0.717, 1.165) is 11.3 Å². The number of nitrogens with zero attached hydrogens (tertiary/aromatic N) is 1. The third-order valence-electron chi connectivity index (χ3n) is 3.04. The second-order valence-electron chi connectivity index (χ2n) is 4.31. The van der Waals surface area contributed by atoms with Gasteiger partial charge in [-0.3, -0.25) is 0 Å². The van der Waals surface area contributed by atoms with Gasteiger partial charge in [0, 0.05) is 5.56 Å². The van der Waals surface area contributed by atoms with Crippen LogP contribution in [0.3, 0.4) is 0 Å². The van der Waals surface area contributed by atoms with Crippen molar-refractivity contribution in [3.63, 3.8) is 0 Å². The fraction of sp³-hybridized carbons (Fsp3) is 0.133. The summed E-state index contributed by atoms with van der Waals surface area (Å²) in [6.45, 7) is 4.07. The van der Waals surface area contributed by atoms with Crippen LogP contribution in [-0.2, 0) is 0 Å². The molecule has 0 unspecified atom stereocenters. The molecule has 2 rings (SSSR count). The zero-order valence-electron chi connectivity index (χ0n) is 10.9. The van der Waals surface area contributed by atoms with E-state index in [1.165, 1.54) is 5.56 Å². The molecule has 0 fully saturated rings. The highest BCUT2D eigenvalue weighted by molar-refractivity contribution is 5.97. The van der Waals surface area contributed by atoms with E-state index >= 15 is 0 Å². The van der Waals surface area contributed by atoms with Gasteiger partial charge in [-0.25, -0.2) is 0 Å². The number of aryl methyl sites for hydroxylation is 1. The predicted molar refractivity (Wildman–Crippen MR) is 74.9 cm³/mol. The molecule has 0 spiro atoms. The molecular weight excluding hydrogens is 240 g/mol. The van der Waals surface area contributed by atoms with Crippen LogP contribution in [-0.4, -0.2) is 11.0 Å². The average Bonchev–Trinajstić information content (AvgIpc) is 2.44. The third kappa shape index (κ3) is 2.85. The second kappa shape index (κ2) is 5.44. The van der Waals surface area contributed by atoms with Crippen molar-refractivity contribution in [3.05, 3.63) is 59.2 Å². The highest BCUT2D eigenvalue weighted by Gasteiger charge is 2.04. The van der Waals surface area contributed by atoms with Gasteiger partial charge in [-0.05, 0) is 55.3 Å². The number of nitrogens with two attached hydrogens (primary N) is 1. The summed E-state index contributed by atoms with van der Waals surface area (Å²) in [5.41, 5.74) is 8.45. The van der Waals surface area contributed by atoms with E-state index in [4.69, 9.17) is 15.7 Å². The SMILES string of the molecule is Cc1cccc(Oc2ccc(/C(N)=N/O)cc2)c1C. The van der Waals surface area contributed by atoms with Crippen LogP contribution < -0.4 is 10.5 Å². The van der Waals surface area contributed by atoms with E-state index in [0.29, 0.717) is 11.3 Å². The monoisotopic (exact) mass is 256 g/mol. The minimum atomic E-state index is 0.0817. The van der Waals surface area contributed by atoms with E-state index in [9.17, 15) is 0 Å². The van der Waals surface area contributed by atoms with Crippen molar-refractivity contribution in [1.82, 2.24) is 0 Å². The zero-order chi connectivity index (χ0) is 13.8. The molecule has 4 heteroatoms. The van der Waals surface area contributed by atoms with Crippen LogP contribution in [0.1, 0.15) is 16.7 Å². The first-order chi connectivity index (χ1) is 9.11. The van der Waals surface area contributed by atoms with Gasteiger partial charge < -0.3 is 15.7 Å². The minimum absolute atomic E-state index is 0.0817. The summed E-state index contributed by atoms with van der Waals surface area (Å²) in [5, 5.41) is 11.5. The predicted octanol–water partition coefficient (Wildman–Crippen LogP) is 3.19. The summed E-state index contributed by atoms with van der Waals surface area (Å²) in [7, 11) is 0. The number of ether oxygens (including phenoxy) is 1. The molecule has 0 atom stereocenters. The Kier molecular flexibility index (Phi) is 3.71. The zero-order valence-corrected chi connectivity index (χ0v) is 10.9. The van der Waals surface area contributed by atoms with E-state index in [1.807, 2.05) is 32.0 Å². The summed E-state index contributed by atoms with van der Waals surface area (Å²) in [6, 6.07) is 13.0. The summed E-state index contributed by atoms with van der Waals surface area (Å²) in [4.78, 5) is 0. The highest BCUT2D eigenvalue weighted by atomic mass is 16.5. The van der Waals surface area contributed by atoms with E-state index in [-0.39, 0.29) is 5.84 Å². The average molecular weight is 256 g/mol. The topological polar surface area (TPSA) is 67.8 Å². The molecule has 0 saturated carbocycles. The van der Waals surface area contributed by atoms with Gasteiger partial charge in [0.1, 0.15) is 11.5 Å². The first kappa shape index (κ1) is 13.0. The molecule has 0 saturated heterocycles. The van der Waals surface area contributed by atoms with Crippen LogP contribution in [0.2, 0.25) is 0 Å². The van der Waals surface area contributed by atoms with Crippen LogP contribution >= 0.6 is 0 Å². The van der Waals surface area contributed by atoms with Crippen molar-refractivity contribution in [2.45, 2.75) is 13.8 Å². The van der Waals surface area contributed by atoms with Gasteiger partial charge in [-0.2, -0.15) is 0 Å². The summed E-state index contributed by atoms with van der Waals surface area (Å²) >= 11 is 0. The third-order valence-corrected chi connectivity index (χ3v) is 3.04. The van der Waals surface area contributed by atoms with Gasteiger partial charge in [0.15, 0.2) is 5.84 Å². The number of amidine groups is 1. The molecule has 0 radical (unpaired) electrons. The minimum Gasteiger partial charge on any atom is -0.457 e. The number of hydrogen-bond donors (Lipinski definition) is 2. The lowest BCUT2D eigenvalue weighted by molar-refractivity contribution is 0.318. The molecule has 0 aromatic heterocycles. The van der Waals surface area contributed by atoms with Crippen LogP contribution in [0.15, 0.2) is 47.6 Å². The lowest BCUT2D eigenvalue weighted by Gasteiger charge is -2.10. The van der Waals surface area contributed by atoms with E-state index < -0.39 is 0 Å². The maximum atomic E-state index is 8.59. The Hall–Kier alpha value is -2.49. The fourth-order valence-electron chi connectivity index (χ4n) is 1.71. The van der Waals surface area contributed by atoms with Gasteiger partial charge in [-0.1, -0.05) is 17.3 Å². The molecule has 0 aliphatic carbocycles. The number of hydrogen-bond acceptors (Lipinski definition) is 3. The molecule has 0 amide bonds. The van der Waals surface area contributed by atoms with Gasteiger partial charge in [0.05, 0.1) is 0 Å². The Labute approximate surface area is 112 Å². The van der Waals surface area contributed by atoms with Crippen LogP contribution in [0, 0.1) is 13.8 Å². The Morgan fingerprint density at radius 2 is 1.79 bits per heavy atom. The van der Waals surface area contributed by atoms with Crippen LogP contribution in [0.4, 0.5) is 0 Å². The van der Waals surface area contributed by atoms with Gasteiger partial charge in [0.25, 0.3) is 0 Å². The Bertz CT molecular complexity index is 604. The number of rotatable bonds is 3. The van der Waals surface area contributed by atoms with Crippen molar-refractivity contribution >= 4 is 5.84 Å². The first-order valence-electron chi connectivity index (χ1n) is 5.94. The van der Waals surface area contributed by atoms with Gasteiger partial charge >= 0.3 is 0 Å². The summed E-state index contributed by atoms with van der Waals surface area (Å²) < 4.78 is 5.82. The molecule has 0 aliphatic rings. The number of oxime groups is 1. The normalized spacial score (nSPS) is 11.4. The molecule has 4 nitrogen and oxygen atoms in total. The van der Waals surface area contributed by atoms with Gasteiger partial charge in [-0.15, -0.1) is 0 Å². The molecule has 0 heterocycles. The van der Waals surface area contributed by atoms with Crippen molar-refractivity contribution in [1.29, 1.82) is 0 Å². The smallest absolute Gasteiger partial charge is 0.170 e. The standard InChI is InChI=1S/C15H16N2O2/c1-10-4-3-5-14(11(10)2)19-13-8-6-12(7-9-13)15(16)17-18/h3-9,18H,1-2H3,(H2,16,17). The Morgan fingerprint density at radius 1 is 1.11 bits per heavy atom. The maximum absolute atomic E-state index is 8.59. The van der Waals surface area contributed by atoms with Crippen LogP contribution in [0.25, 0.3) is 0 Å². The second-order valence-corrected chi connectivity index (χ2v) is 4.31. The fourth-order valence-corrected chi connectivity index (χ4v) is 1.71. The first-order valence-corrected chi connectivity index (χ1v) is 5.94. The summed E-state index contributed by atoms with van der Waals surface area (Å²) in [6.07, 6.45) is 0. The molecule has 98 valence electrons. The molecule has 19 heavy (non-hydrogen) atoms. The van der Waals surface area contributed by atoms with Crippen molar-refractivity contribution in [3.8, 4) is 11.5 Å². The molecular formula is C15H16N2O2. The molecule has 2 aromatic rings. The van der Waals surface area contributed by atoms with E-state index in [1.54, 1.807) is 24.3 Å². The van der Waals surface area contributed by atoms with Crippen LogP contribution in [0.5, 0.6) is 11.5 Å².